The molecule has 76 valence electrons. The number of nitrogens with two attached hydrogens (primary N) is 1. The van der Waals surface area contributed by atoms with E-state index in [9.17, 15) is 4.79 Å². The summed E-state index contributed by atoms with van der Waals surface area (Å²) in [6.45, 7) is 5.81. The van der Waals surface area contributed by atoms with Crippen molar-refractivity contribution in [3.8, 4) is 0 Å². The first-order valence-corrected chi connectivity index (χ1v) is 4.46. The first-order chi connectivity index (χ1) is 6.57. The van der Waals surface area contributed by atoms with Crippen LogP contribution in [0.25, 0.3) is 0 Å². The Morgan fingerprint density at radius 1 is 1.57 bits per heavy atom. The fraction of sp³-hybridized carbons (Fsp3) is 0.400. The molecular formula is C10H14N2O2. The molecule has 1 aromatic rings. The maximum Gasteiger partial charge on any atom is 0.342 e. The van der Waals surface area contributed by atoms with E-state index in [0.717, 1.165) is 11.1 Å². The highest BCUT2D eigenvalue weighted by molar-refractivity contribution is 5.95. The third-order valence-electron chi connectivity index (χ3n) is 2.10. The van der Waals surface area contributed by atoms with E-state index in [-0.39, 0.29) is 5.82 Å². The van der Waals surface area contributed by atoms with Crippen LogP contribution in [0.2, 0.25) is 0 Å². The molecule has 0 fully saturated rings. The largest absolute Gasteiger partial charge is 0.462 e. The van der Waals surface area contributed by atoms with E-state index >= 15 is 0 Å². The Hall–Kier alpha value is -1.58. The average Bonchev–Trinajstić information content (AvgIpc) is 2.13. The lowest BCUT2D eigenvalue weighted by Crippen LogP contribution is -2.12. The first kappa shape index (κ1) is 10.5. The molecule has 1 aromatic heterocycles. The highest BCUT2D eigenvalue weighted by Crippen LogP contribution is 2.18. The van der Waals surface area contributed by atoms with Crippen molar-refractivity contribution in [2.75, 3.05) is 12.3 Å². The van der Waals surface area contributed by atoms with Gasteiger partial charge in [0, 0.05) is 6.20 Å². The predicted octanol–water partition coefficient (Wildman–Crippen LogP) is 1.46. The van der Waals surface area contributed by atoms with E-state index in [1.54, 1.807) is 13.1 Å². The van der Waals surface area contributed by atoms with Crippen molar-refractivity contribution in [1.29, 1.82) is 0 Å². The van der Waals surface area contributed by atoms with Crippen LogP contribution in [0.4, 0.5) is 5.82 Å². The van der Waals surface area contributed by atoms with Crippen LogP contribution in [-0.2, 0) is 4.74 Å². The molecule has 0 saturated carbocycles. The second-order valence-electron chi connectivity index (χ2n) is 3.05. The topological polar surface area (TPSA) is 65.2 Å². The number of anilines is 1. The lowest BCUT2D eigenvalue weighted by atomic mass is 10.1. The molecule has 0 aliphatic rings. The minimum Gasteiger partial charge on any atom is -0.462 e. The number of carbonyl (C=O) groups excluding carboxylic acids is 1. The van der Waals surface area contributed by atoms with Crippen molar-refractivity contribution in [3.63, 3.8) is 0 Å². The summed E-state index contributed by atoms with van der Waals surface area (Å²) >= 11 is 0. The quantitative estimate of drug-likeness (QED) is 0.724. The lowest BCUT2D eigenvalue weighted by molar-refractivity contribution is 0.0526. The molecule has 1 heterocycles. The van der Waals surface area contributed by atoms with Crippen LogP contribution in [0.5, 0.6) is 0 Å². The Morgan fingerprint density at radius 2 is 2.21 bits per heavy atom. The fourth-order valence-electron chi connectivity index (χ4n) is 1.18. The van der Waals surface area contributed by atoms with Gasteiger partial charge in [0.15, 0.2) is 0 Å². The molecule has 4 nitrogen and oxygen atoms in total. The first-order valence-electron chi connectivity index (χ1n) is 4.46. The molecule has 0 saturated heterocycles. The van der Waals surface area contributed by atoms with E-state index in [1.807, 2.05) is 13.8 Å². The van der Waals surface area contributed by atoms with Gasteiger partial charge in [-0.05, 0) is 31.9 Å². The Balaban J connectivity index is 3.18. The molecule has 0 aromatic carbocycles. The summed E-state index contributed by atoms with van der Waals surface area (Å²) in [7, 11) is 0. The fourth-order valence-corrected chi connectivity index (χ4v) is 1.18. The van der Waals surface area contributed by atoms with Crippen LogP contribution in [-0.4, -0.2) is 17.6 Å². The minimum absolute atomic E-state index is 0.228. The van der Waals surface area contributed by atoms with Crippen molar-refractivity contribution >= 4 is 11.8 Å². The average molecular weight is 194 g/mol. The summed E-state index contributed by atoms with van der Waals surface area (Å²) in [6, 6.07) is 0. The number of nitrogens with zero attached hydrogens (tertiary/aromatic N) is 1. The highest BCUT2D eigenvalue weighted by Gasteiger charge is 2.16. The number of pyridine rings is 1. The summed E-state index contributed by atoms with van der Waals surface area (Å²) in [4.78, 5) is 15.4. The zero-order valence-corrected chi connectivity index (χ0v) is 8.63. The Kier molecular flexibility index (Phi) is 3.06. The molecule has 1 rings (SSSR count). The lowest BCUT2D eigenvalue weighted by Gasteiger charge is -2.09. The SMILES string of the molecule is CCOC(=O)c1c(N)ncc(C)c1C. The normalized spacial score (nSPS) is 9.93. The number of nitrogen functional groups attached to an aromatic ring is 1. The maximum atomic E-state index is 11.5. The Morgan fingerprint density at radius 3 is 2.79 bits per heavy atom. The molecule has 0 radical (unpaired) electrons. The van der Waals surface area contributed by atoms with Crippen LogP contribution in [0, 0.1) is 13.8 Å². The molecule has 0 aliphatic heterocycles. The van der Waals surface area contributed by atoms with E-state index < -0.39 is 5.97 Å². The zero-order valence-electron chi connectivity index (χ0n) is 8.63. The van der Waals surface area contributed by atoms with E-state index in [4.69, 9.17) is 10.5 Å². The van der Waals surface area contributed by atoms with Gasteiger partial charge in [0.2, 0.25) is 0 Å². The number of esters is 1. The monoisotopic (exact) mass is 194 g/mol. The summed E-state index contributed by atoms with van der Waals surface area (Å²) in [6.07, 6.45) is 1.65. The molecule has 2 N–H and O–H groups in total. The van der Waals surface area contributed by atoms with Crippen molar-refractivity contribution in [3.05, 3.63) is 22.9 Å². The summed E-state index contributed by atoms with van der Waals surface area (Å²) in [5.41, 5.74) is 7.75. The standard InChI is InChI=1S/C10H14N2O2/c1-4-14-10(13)8-7(3)6(2)5-12-9(8)11/h5H,4H2,1-3H3,(H2,11,12). The number of carbonyl (C=O) groups is 1. The minimum atomic E-state index is -0.404. The number of hydrogen-bond donors (Lipinski definition) is 1. The van der Waals surface area contributed by atoms with Crippen molar-refractivity contribution < 1.29 is 9.53 Å². The number of rotatable bonds is 2. The third kappa shape index (κ3) is 1.84. The molecule has 0 bridgehead atoms. The van der Waals surface area contributed by atoms with E-state index in [2.05, 4.69) is 4.98 Å². The van der Waals surface area contributed by atoms with Crippen molar-refractivity contribution in [2.24, 2.45) is 0 Å². The van der Waals surface area contributed by atoms with Crippen LogP contribution in [0.1, 0.15) is 28.4 Å². The number of aromatic nitrogens is 1. The highest BCUT2D eigenvalue weighted by atomic mass is 16.5. The van der Waals surface area contributed by atoms with Gasteiger partial charge in [-0.15, -0.1) is 0 Å². The molecule has 0 amide bonds. The molecular weight excluding hydrogens is 180 g/mol. The number of ether oxygens (including phenoxy) is 1. The molecule has 0 aliphatic carbocycles. The maximum absolute atomic E-state index is 11.5. The molecule has 0 unspecified atom stereocenters. The van der Waals surface area contributed by atoms with Crippen molar-refractivity contribution in [2.45, 2.75) is 20.8 Å². The van der Waals surface area contributed by atoms with E-state index in [1.165, 1.54) is 0 Å². The summed E-state index contributed by atoms with van der Waals surface area (Å²) in [5, 5.41) is 0. The van der Waals surface area contributed by atoms with Gasteiger partial charge in [0.05, 0.1) is 6.61 Å². The van der Waals surface area contributed by atoms with E-state index in [0.29, 0.717) is 12.2 Å². The number of hydrogen-bond acceptors (Lipinski definition) is 4. The van der Waals surface area contributed by atoms with Crippen LogP contribution >= 0.6 is 0 Å². The predicted molar refractivity (Wildman–Crippen MR) is 54.1 cm³/mol. The van der Waals surface area contributed by atoms with Gasteiger partial charge in [0.25, 0.3) is 0 Å². The summed E-state index contributed by atoms with van der Waals surface area (Å²) < 4.78 is 4.89. The zero-order chi connectivity index (χ0) is 10.7. The van der Waals surface area contributed by atoms with Gasteiger partial charge in [-0.2, -0.15) is 0 Å². The van der Waals surface area contributed by atoms with Gasteiger partial charge in [-0.3, -0.25) is 0 Å². The van der Waals surface area contributed by atoms with Crippen LogP contribution in [0.3, 0.4) is 0 Å². The molecule has 14 heavy (non-hydrogen) atoms. The number of aryl methyl sites for hydroxylation is 1. The van der Waals surface area contributed by atoms with Gasteiger partial charge in [-0.1, -0.05) is 0 Å². The molecule has 4 heteroatoms. The molecule has 0 atom stereocenters. The van der Waals surface area contributed by atoms with Gasteiger partial charge < -0.3 is 10.5 Å². The van der Waals surface area contributed by atoms with Gasteiger partial charge in [-0.25, -0.2) is 9.78 Å². The Bertz CT molecular complexity index is 361. The van der Waals surface area contributed by atoms with Crippen molar-refractivity contribution in [1.82, 2.24) is 4.98 Å². The smallest absolute Gasteiger partial charge is 0.342 e. The third-order valence-corrected chi connectivity index (χ3v) is 2.10. The van der Waals surface area contributed by atoms with Gasteiger partial charge in [0.1, 0.15) is 11.4 Å². The second-order valence-corrected chi connectivity index (χ2v) is 3.05. The second kappa shape index (κ2) is 4.09. The van der Waals surface area contributed by atoms with Gasteiger partial charge >= 0.3 is 5.97 Å². The Labute approximate surface area is 83.1 Å². The van der Waals surface area contributed by atoms with Crippen LogP contribution < -0.4 is 5.73 Å². The molecule has 0 spiro atoms. The van der Waals surface area contributed by atoms with Crippen LogP contribution in [0.15, 0.2) is 6.20 Å². The summed E-state index contributed by atoms with van der Waals surface area (Å²) in [5.74, 6) is -0.176.